The van der Waals surface area contributed by atoms with Gasteiger partial charge in [-0.25, -0.2) is 4.98 Å². The van der Waals surface area contributed by atoms with Crippen LogP contribution in [0.3, 0.4) is 0 Å². The van der Waals surface area contributed by atoms with E-state index >= 15 is 0 Å². The second-order valence-corrected chi connectivity index (χ2v) is 4.47. The largest absolute Gasteiger partial charge is 0.339 e. The lowest BCUT2D eigenvalue weighted by Crippen LogP contribution is -2.33. The summed E-state index contributed by atoms with van der Waals surface area (Å²) in [6.45, 7) is 1.80. The molecule has 1 aromatic rings. The molecule has 0 saturated carbocycles. The lowest BCUT2D eigenvalue weighted by molar-refractivity contribution is 0.0780. The third-order valence-corrected chi connectivity index (χ3v) is 2.55. The van der Waals surface area contributed by atoms with Gasteiger partial charge in [0.2, 0.25) is 0 Å². The summed E-state index contributed by atoms with van der Waals surface area (Å²) in [4.78, 5) is 19.9. The summed E-state index contributed by atoms with van der Waals surface area (Å²) < 4.78 is 0. The SMILES string of the molecule is CN(C)CCN(C)C(=O)c1ccc(C#CCN)cn1. The number of amides is 1. The number of hydrogen-bond donors (Lipinski definition) is 1. The van der Waals surface area contributed by atoms with Gasteiger partial charge in [0.15, 0.2) is 0 Å². The van der Waals surface area contributed by atoms with Crippen LogP contribution in [-0.4, -0.2) is 61.5 Å². The third kappa shape index (κ3) is 5.08. The zero-order valence-electron chi connectivity index (χ0n) is 11.7. The first kappa shape index (κ1) is 15.2. The first-order valence-electron chi connectivity index (χ1n) is 6.09. The molecule has 0 atom stereocenters. The van der Waals surface area contributed by atoms with Crippen LogP contribution in [0.25, 0.3) is 0 Å². The van der Waals surface area contributed by atoms with E-state index in [4.69, 9.17) is 5.73 Å². The van der Waals surface area contributed by atoms with E-state index in [-0.39, 0.29) is 5.91 Å². The topological polar surface area (TPSA) is 62.5 Å². The molecule has 0 unspecified atom stereocenters. The molecule has 0 saturated heterocycles. The summed E-state index contributed by atoms with van der Waals surface area (Å²) in [5.74, 6) is 5.53. The second-order valence-electron chi connectivity index (χ2n) is 4.47. The highest BCUT2D eigenvalue weighted by Crippen LogP contribution is 2.02. The standard InChI is InChI=1S/C14H20N4O/c1-17(2)9-10-18(3)14(19)13-7-6-12(11-16-13)5-4-8-15/h6-7,11H,8-10,15H2,1-3H3. The Hall–Kier alpha value is -1.90. The first-order valence-corrected chi connectivity index (χ1v) is 6.09. The molecule has 0 aromatic carbocycles. The number of likely N-dealkylation sites (N-methyl/N-ethyl adjacent to an activating group) is 2. The number of carbonyl (C=O) groups excluding carboxylic acids is 1. The van der Waals surface area contributed by atoms with E-state index in [1.54, 1.807) is 30.3 Å². The molecule has 0 spiro atoms. The molecule has 1 amide bonds. The van der Waals surface area contributed by atoms with Crippen molar-refractivity contribution in [1.82, 2.24) is 14.8 Å². The van der Waals surface area contributed by atoms with Gasteiger partial charge in [0.05, 0.1) is 6.54 Å². The maximum absolute atomic E-state index is 12.1. The minimum Gasteiger partial charge on any atom is -0.339 e. The monoisotopic (exact) mass is 260 g/mol. The lowest BCUT2D eigenvalue weighted by Gasteiger charge is -2.19. The predicted molar refractivity (Wildman–Crippen MR) is 75.7 cm³/mol. The van der Waals surface area contributed by atoms with E-state index in [0.717, 1.165) is 12.1 Å². The van der Waals surface area contributed by atoms with Crippen LogP contribution in [0.15, 0.2) is 18.3 Å². The average Bonchev–Trinajstić information content (AvgIpc) is 2.42. The molecule has 102 valence electrons. The number of hydrogen-bond acceptors (Lipinski definition) is 4. The van der Waals surface area contributed by atoms with Crippen LogP contribution in [0.2, 0.25) is 0 Å². The molecule has 0 radical (unpaired) electrons. The molecule has 19 heavy (non-hydrogen) atoms. The smallest absolute Gasteiger partial charge is 0.272 e. The zero-order valence-corrected chi connectivity index (χ0v) is 11.7. The van der Waals surface area contributed by atoms with E-state index in [0.29, 0.717) is 18.8 Å². The molecule has 1 rings (SSSR count). The van der Waals surface area contributed by atoms with Gasteiger partial charge >= 0.3 is 0 Å². The quantitative estimate of drug-likeness (QED) is 0.776. The van der Waals surface area contributed by atoms with Gasteiger partial charge in [-0.15, -0.1) is 0 Å². The molecule has 1 aromatic heterocycles. The van der Waals surface area contributed by atoms with Crippen LogP contribution in [0.5, 0.6) is 0 Å². The van der Waals surface area contributed by atoms with Crippen LogP contribution >= 0.6 is 0 Å². The average molecular weight is 260 g/mol. The Bertz CT molecular complexity index is 470. The summed E-state index contributed by atoms with van der Waals surface area (Å²) in [6.07, 6.45) is 1.59. The molecule has 2 N–H and O–H groups in total. The Balaban J connectivity index is 2.67. The van der Waals surface area contributed by atoms with E-state index in [9.17, 15) is 4.79 Å². The van der Waals surface area contributed by atoms with Gasteiger partial charge in [0.25, 0.3) is 5.91 Å². The Morgan fingerprint density at radius 1 is 1.32 bits per heavy atom. The highest BCUT2D eigenvalue weighted by Gasteiger charge is 2.12. The van der Waals surface area contributed by atoms with E-state index in [1.165, 1.54) is 0 Å². The minimum atomic E-state index is -0.0832. The molecule has 0 aliphatic rings. The summed E-state index contributed by atoms with van der Waals surface area (Å²) in [6, 6.07) is 3.47. The normalized spacial score (nSPS) is 9.95. The molecule has 5 nitrogen and oxygen atoms in total. The van der Waals surface area contributed by atoms with Gasteiger partial charge in [-0.2, -0.15) is 0 Å². The van der Waals surface area contributed by atoms with Crippen molar-refractivity contribution in [2.24, 2.45) is 5.73 Å². The molecular weight excluding hydrogens is 240 g/mol. The van der Waals surface area contributed by atoms with Gasteiger partial charge in [-0.05, 0) is 26.2 Å². The van der Waals surface area contributed by atoms with E-state index in [1.807, 2.05) is 19.0 Å². The second kappa shape index (κ2) is 7.52. The summed E-state index contributed by atoms with van der Waals surface area (Å²) in [5, 5.41) is 0. The fourth-order valence-electron chi connectivity index (χ4n) is 1.39. The number of aromatic nitrogens is 1. The fraction of sp³-hybridized carbons (Fsp3) is 0.429. The first-order chi connectivity index (χ1) is 9.04. The Kier molecular flexibility index (Phi) is 6.00. The van der Waals surface area contributed by atoms with Crippen LogP contribution < -0.4 is 5.73 Å². The molecular formula is C14H20N4O. The van der Waals surface area contributed by atoms with Crippen molar-refractivity contribution in [1.29, 1.82) is 0 Å². The Labute approximate surface area is 114 Å². The molecule has 0 fully saturated rings. The van der Waals surface area contributed by atoms with Crippen LogP contribution in [-0.2, 0) is 0 Å². The third-order valence-electron chi connectivity index (χ3n) is 2.55. The van der Waals surface area contributed by atoms with Crippen molar-refractivity contribution >= 4 is 5.91 Å². The van der Waals surface area contributed by atoms with E-state index < -0.39 is 0 Å². The van der Waals surface area contributed by atoms with Gasteiger partial charge in [-0.1, -0.05) is 11.8 Å². The zero-order chi connectivity index (χ0) is 14.3. The maximum Gasteiger partial charge on any atom is 0.272 e. The van der Waals surface area contributed by atoms with Crippen molar-refractivity contribution in [3.8, 4) is 11.8 Å². The minimum absolute atomic E-state index is 0.0832. The molecule has 0 aliphatic heterocycles. The van der Waals surface area contributed by atoms with Crippen molar-refractivity contribution in [2.75, 3.05) is 40.8 Å². The molecule has 0 aliphatic carbocycles. The molecule has 1 heterocycles. The van der Waals surface area contributed by atoms with Crippen LogP contribution in [0.1, 0.15) is 16.1 Å². The van der Waals surface area contributed by atoms with E-state index in [2.05, 4.69) is 16.8 Å². The molecule has 0 bridgehead atoms. The summed E-state index contributed by atoms with van der Waals surface area (Å²) in [7, 11) is 5.72. The number of rotatable bonds is 4. The van der Waals surface area contributed by atoms with Crippen molar-refractivity contribution < 1.29 is 4.79 Å². The Morgan fingerprint density at radius 2 is 2.05 bits per heavy atom. The highest BCUT2D eigenvalue weighted by atomic mass is 16.2. The van der Waals surface area contributed by atoms with Crippen LogP contribution in [0.4, 0.5) is 0 Å². The van der Waals surface area contributed by atoms with Crippen molar-refractivity contribution in [3.05, 3.63) is 29.6 Å². The number of nitrogens with zero attached hydrogens (tertiary/aromatic N) is 3. The lowest BCUT2D eigenvalue weighted by atomic mass is 10.2. The fourth-order valence-corrected chi connectivity index (χ4v) is 1.39. The highest BCUT2D eigenvalue weighted by molar-refractivity contribution is 5.92. The van der Waals surface area contributed by atoms with Crippen molar-refractivity contribution in [3.63, 3.8) is 0 Å². The molecule has 5 heteroatoms. The number of carbonyl (C=O) groups is 1. The van der Waals surface area contributed by atoms with Gasteiger partial charge in [0.1, 0.15) is 5.69 Å². The summed E-state index contributed by atoms with van der Waals surface area (Å²) >= 11 is 0. The van der Waals surface area contributed by atoms with Gasteiger partial charge in [0, 0.05) is 31.9 Å². The maximum atomic E-state index is 12.1. The van der Waals surface area contributed by atoms with Gasteiger partial charge in [-0.3, -0.25) is 4.79 Å². The number of nitrogens with two attached hydrogens (primary N) is 1. The van der Waals surface area contributed by atoms with Crippen molar-refractivity contribution in [2.45, 2.75) is 0 Å². The number of pyridine rings is 1. The van der Waals surface area contributed by atoms with Crippen LogP contribution in [0, 0.1) is 11.8 Å². The summed E-state index contributed by atoms with van der Waals surface area (Å²) in [5.41, 5.74) is 6.49. The predicted octanol–water partition coefficient (Wildman–Crippen LogP) is 0.0254. The van der Waals surface area contributed by atoms with Gasteiger partial charge < -0.3 is 15.5 Å². The Morgan fingerprint density at radius 3 is 2.58 bits per heavy atom.